The third kappa shape index (κ3) is 4.80. The summed E-state index contributed by atoms with van der Waals surface area (Å²) in [6, 6.07) is 5.99. The van der Waals surface area contributed by atoms with Gasteiger partial charge in [0, 0.05) is 30.3 Å². The first-order chi connectivity index (χ1) is 13.7. The van der Waals surface area contributed by atoms with Crippen molar-refractivity contribution in [2.45, 2.75) is 50.5 Å². The number of carbonyl (C=O) groups is 2. The van der Waals surface area contributed by atoms with Crippen molar-refractivity contribution in [1.29, 1.82) is 5.26 Å². The quantitative estimate of drug-likeness (QED) is 0.713. The normalized spacial score (nSPS) is 23.9. The number of amides is 1. The summed E-state index contributed by atoms with van der Waals surface area (Å²) in [7, 11) is 0. The molecule has 0 spiro atoms. The lowest BCUT2D eigenvalue weighted by Crippen LogP contribution is -2.57. The van der Waals surface area contributed by atoms with Crippen LogP contribution in [0.3, 0.4) is 0 Å². The second kappa shape index (κ2) is 8.56. The molecule has 3 rings (SSSR count). The number of nitriles is 1. The minimum atomic E-state index is -1.45. The summed E-state index contributed by atoms with van der Waals surface area (Å²) in [5.74, 6) is -1.62. The van der Waals surface area contributed by atoms with Crippen LogP contribution in [0.4, 0.5) is 0 Å². The molecule has 1 amide bonds. The van der Waals surface area contributed by atoms with Crippen LogP contribution in [0.25, 0.3) is 0 Å². The van der Waals surface area contributed by atoms with Crippen LogP contribution in [0.2, 0.25) is 0 Å². The largest absolute Gasteiger partial charge is 0.458 e. The third-order valence-electron chi connectivity index (χ3n) is 4.77. The Kier molecular flexibility index (Phi) is 6.30. The van der Waals surface area contributed by atoms with Crippen molar-refractivity contribution >= 4 is 23.6 Å². The van der Waals surface area contributed by atoms with Gasteiger partial charge in [-0.3, -0.25) is 9.78 Å². The van der Waals surface area contributed by atoms with Crippen molar-refractivity contribution in [2.24, 2.45) is 5.92 Å². The van der Waals surface area contributed by atoms with E-state index in [9.17, 15) is 14.9 Å². The van der Waals surface area contributed by atoms with E-state index in [4.69, 9.17) is 4.74 Å². The van der Waals surface area contributed by atoms with E-state index in [0.717, 1.165) is 22.6 Å². The van der Waals surface area contributed by atoms with Gasteiger partial charge in [-0.25, -0.2) is 4.79 Å². The van der Waals surface area contributed by atoms with Gasteiger partial charge in [0.15, 0.2) is 0 Å². The fraction of sp³-hybridized carbons (Fsp3) is 0.524. The average molecular weight is 415 g/mol. The molecule has 1 aromatic rings. The maximum Gasteiger partial charge on any atom is 0.345 e. The Balaban J connectivity index is 1.83. The molecule has 1 aromatic heterocycles. The molecule has 2 aliphatic heterocycles. The zero-order valence-corrected chi connectivity index (χ0v) is 17.8. The highest BCUT2D eigenvalue weighted by molar-refractivity contribution is 8.05. The van der Waals surface area contributed by atoms with Crippen LogP contribution in [-0.2, 0) is 20.7 Å². The van der Waals surface area contributed by atoms with Crippen molar-refractivity contribution in [3.05, 3.63) is 40.6 Å². The molecule has 0 saturated heterocycles. The molecule has 0 saturated carbocycles. The Morgan fingerprint density at radius 3 is 2.93 bits per heavy atom. The molecule has 3 heterocycles. The molecule has 29 heavy (non-hydrogen) atoms. The minimum absolute atomic E-state index is 0.192. The predicted molar refractivity (Wildman–Crippen MR) is 110 cm³/mol. The Morgan fingerprint density at radius 1 is 1.48 bits per heavy atom. The summed E-state index contributed by atoms with van der Waals surface area (Å²) >= 11 is 1.25. The number of ether oxygens (including phenoxy) is 1. The topological polar surface area (TPSA) is 104 Å². The van der Waals surface area contributed by atoms with Gasteiger partial charge in [-0.15, -0.1) is 0 Å². The molecule has 2 aliphatic rings. The van der Waals surface area contributed by atoms with E-state index < -0.39 is 22.4 Å². The van der Waals surface area contributed by atoms with E-state index in [1.807, 2.05) is 12.1 Å². The fourth-order valence-electron chi connectivity index (χ4n) is 3.49. The van der Waals surface area contributed by atoms with Gasteiger partial charge in [-0.2, -0.15) is 5.26 Å². The second-order valence-electron chi connectivity index (χ2n) is 8.19. The summed E-state index contributed by atoms with van der Waals surface area (Å²) in [4.78, 5) is 29.6. The first-order valence-corrected chi connectivity index (χ1v) is 10.5. The van der Waals surface area contributed by atoms with Crippen molar-refractivity contribution in [3.8, 4) is 6.07 Å². The van der Waals surface area contributed by atoms with Crippen LogP contribution in [0.5, 0.6) is 0 Å². The SMILES string of the molecule is CC(C)(C)OC(=O)C1(NC(=O)CCc2cccnc2)SC2=C(CCNC2)C1C#N. The maximum atomic E-state index is 13.2. The number of hydrogen-bond acceptors (Lipinski definition) is 7. The summed E-state index contributed by atoms with van der Waals surface area (Å²) in [6.07, 6.45) is 4.76. The highest BCUT2D eigenvalue weighted by atomic mass is 32.2. The predicted octanol–water partition coefficient (Wildman–Crippen LogP) is 2.30. The number of aromatic nitrogens is 1. The van der Waals surface area contributed by atoms with Crippen LogP contribution < -0.4 is 10.6 Å². The molecule has 8 heteroatoms. The van der Waals surface area contributed by atoms with Crippen molar-refractivity contribution in [3.63, 3.8) is 0 Å². The van der Waals surface area contributed by atoms with E-state index >= 15 is 0 Å². The smallest absolute Gasteiger partial charge is 0.345 e. The standard InChI is InChI=1S/C21H26N4O3S/c1-20(2,3)28-19(27)21(16(11-22)15-8-10-24-13-17(15)29-21)25-18(26)7-6-14-5-4-9-23-12-14/h4-5,9,12,16,24H,6-8,10,13H2,1-3H3,(H,25,26). The molecule has 0 bridgehead atoms. The first kappa shape index (κ1) is 21.3. The number of nitrogens with zero attached hydrogens (tertiary/aromatic N) is 2. The maximum absolute atomic E-state index is 13.2. The Labute approximate surface area is 175 Å². The van der Waals surface area contributed by atoms with Crippen LogP contribution in [0, 0.1) is 17.2 Å². The summed E-state index contributed by atoms with van der Waals surface area (Å²) in [5, 5.41) is 16.1. The van der Waals surface area contributed by atoms with E-state index in [2.05, 4.69) is 21.7 Å². The van der Waals surface area contributed by atoms with Gasteiger partial charge in [0.2, 0.25) is 10.8 Å². The number of hydrogen-bond donors (Lipinski definition) is 2. The summed E-state index contributed by atoms with van der Waals surface area (Å²) in [5.41, 5.74) is 1.13. The molecule has 0 aromatic carbocycles. The first-order valence-electron chi connectivity index (χ1n) is 9.70. The second-order valence-corrected chi connectivity index (χ2v) is 9.53. The van der Waals surface area contributed by atoms with E-state index in [1.54, 1.807) is 33.2 Å². The molecular weight excluding hydrogens is 388 g/mol. The molecular formula is C21H26N4O3S. The Hall–Kier alpha value is -2.37. The molecule has 154 valence electrons. The number of carbonyl (C=O) groups excluding carboxylic acids is 2. The molecule has 2 unspecified atom stereocenters. The van der Waals surface area contributed by atoms with Gasteiger partial charge in [0.25, 0.3) is 0 Å². The van der Waals surface area contributed by atoms with Gasteiger partial charge in [0.1, 0.15) is 11.5 Å². The number of thioether (sulfide) groups is 1. The molecule has 2 atom stereocenters. The molecule has 7 nitrogen and oxygen atoms in total. The number of esters is 1. The molecule has 0 aliphatic carbocycles. The van der Waals surface area contributed by atoms with Gasteiger partial charge in [0.05, 0.1) is 6.07 Å². The van der Waals surface area contributed by atoms with Gasteiger partial charge >= 0.3 is 5.97 Å². The van der Waals surface area contributed by atoms with Gasteiger partial charge in [-0.05, 0) is 57.4 Å². The van der Waals surface area contributed by atoms with E-state index in [1.165, 1.54) is 11.8 Å². The van der Waals surface area contributed by atoms with Gasteiger partial charge < -0.3 is 15.4 Å². The van der Waals surface area contributed by atoms with Crippen LogP contribution in [-0.4, -0.2) is 40.4 Å². The fourth-order valence-corrected chi connectivity index (χ4v) is 5.00. The van der Waals surface area contributed by atoms with Crippen LogP contribution >= 0.6 is 11.8 Å². The van der Waals surface area contributed by atoms with Crippen LogP contribution in [0.15, 0.2) is 35.0 Å². The monoisotopic (exact) mass is 414 g/mol. The number of nitrogens with one attached hydrogen (secondary N) is 2. The zero-order chi connectivity index (χ0) is 21.1. The van der Waals surface area contributed by atoms with Crippen molar-refractivity contribution < 1.29 is 14.3 Å². The summed E-state index contributed by atoms with van der Waals surface area (Å²) < 4.78 is 5.64. The number of rotatable bonds is 5. The summed E-state index contributed by atoms with van der Waals surface area (Å²) in [6.45, 7) is 6.67. The zero-order valence-electron chi connectivity index (χ0n) is 16.9. The van der Waals surface area contributed by atoms with Crippen LogP contribution in [0.1, 0.15) is 39.2 Å². The Bertz CT molecular complexity index is 857. The van der Waals surface area contributed by atoms with Crippen molar-refractivity contribution in [1.82, 2.24) is 15.6 Å². The van der Waals surface area contributed by atoms with Gasteiger partial charge in [-0.1, -0.05) is 17.8 Å². The highest BCUT2D eigenvalue weighted by Gasteiger charge is 2.57. The molecule has 2 N–H and O–H groups in total. The Morgan fingerprint density at radius 2 is 2.28 bits per heavy atom. The number of aryl methyl sites for hydroxylation is 1. The van der Waals surface area contributed by atoms with Crippen molar-refractivity contribution in [2.75, 3.05) is 13.1 Å². The lowest BCUT2D eigenvalue weighted by molar-refractivity contribution is -0.161. The van der Waals surface area contributed by atoms with E-state index in [0.29, 0.717) is 19.4 Å². The minimum Gasteiger partial charge on any atom is -0.458 e. The highest BCUT2D eigenvalue weighted by Crippen LogP contribution is 2.51. The van der Waals surface area contributed by atoms with E-state index in [-0.39, 0.29) is 12.3 Å². The molecule has 0 fully saturated rings. The lowest BCUT2D eigenvalue weighted by atomic mass is 9.88. The third-order valence-corrected chi connectivity index (χ3v) is 6.25. The lowest BCUT2D eigenvalue weighted by Gasteiger charge is -2.34. The number of pyridine rings is 1. The average Bonchev–Trinajstić information content (AvgIpc) is 3.00. The molecule has 0 radical (unpaired) electrons.